The van der Waals surface area contributed by atoms with Crippen LogP contribution in [0.25, 0.3) is 6.08 Å². The number of non-ortho nitro benzene ring substituents is 1. The Bertz CT molecular complexity index is 1260. The molecule has 0 aliphatic rings. The smallest absolute Gasteiger partial charge is 0.258 e. The third-order valence-corrected chi connectivity index (χ3v) is 9.79. The predicted molar refractivity (Wildman–Crippen MR) is 154 cm³/mol. The summed E-state index contributed by atoms with van der Waals surface area (Å²) in [5.74, 6) is 0. The first-order valence-electron chi connectivity index (χ1n) is 12.4. The lowest BCUT2D eigenvalue weighted by molar-refractivity contribution is -0.384. The maximum Gasteiger partial charge on any atom is 0.270 e. The van der Waals surface area contributed by atoms with Crippen molar-refractivity contribution in [2.75, 3.05) is 0 Å². The summed E-state index contributed by atoms with van der Waals surface area (Å²) in [5.41, 5.74) is 1.61. The van der Waals surface area contributed by atoms with Crippen molar-refractivity contribution in [1.82, 2.24) is 0 Å². The van der Waals surface area contributed by atoms with E-state index in [-0.39, 0.29) is 10.6 Å². The Morgan fingerprint density at radius 3 is 1.78 bits per heavy atom. The number of hydrogen-bond donors (Lipinski definition) is 0. The lowest BCUT2D eigenvalue weighted by Gasteiger charge is -2.27. The van der Waals surface area contributed by atoms with Crippen LogP contribution in [0.15, 0.2) is 120 Å². The molecule has 4 nitrogen and oxygen atoms in total. The Hall–Kier alpha value is -3.75. The Morgan fingerprint density at radius 2 is 1.31 bits per heavy atom. The van der Waals surface area contributed by atoms with E-state index in [4.69, 9.17) is 4.74 Å². The Labute approximate surface area is 213 Å². The normalized spacial score (nSPS) is 11.5. The molecule has 0 aliphatic carbocycles. The van der Waals surface area contributed by atoms with Crippen LogP contribution in [-0.2, 0) is 0 Å². The van der Waals surface area contributed by atoms with Crippen LogP contribution in [-0.4, -0.2) is 4.92 Å². The van der Waals surface area contributed by atoms with Gasteiger partial charge in [0.25, 0.3) is 5.69 Å². The fourth-order valence-electron chi connectivity index (χ4n) is 4.32. The maximum atomic E-state index is 11.6. The molecule has 0 N–H and O–H groups in total. The number of unbranched alkanes of at least 4 members (excludes halogenated alkanes) is 3. The van der Waals surface area contributed by atoms with Gasteiger partial charge in [-0.15, -0.1) is 0 Å². The molecule has 0 fully saturated rings. The third-order valence-electron chi connectivity index (χ3n) is 6.14. The average Bonchev–Trinajstić information content (AvgIpc) is 2.93. The molecule has 0 aliphatic heterocycles. The second-order valence-electron chi connectivity index (χ2n) is 8.64. The minimum Gasteiger partial charge on any atom is -0.258 e. The largest absolute Gasteiger partial charge is 0.270 e. The van der Waals surface area contributed by atoms with Crippen molar-refractivity contribution >= 4 is 40.4 Å². The molecular weight excluding hydrogens is 463 g/mol. The SMILES string of the molecule is CCCCCC=Cc1cc([N+](=O)[O-])ccc1N=P(c1ccccc1)(c1ccccc1)c1ccccc1. The lowest BCUT2D eigenvalue weighted by Crippen LogP contribution is -2.25. The van der Waals surface area contributed by atoms with Gasteiger partial charge in [-0.3, -0.25) is 14.9 Å². The van der Waals surface area contributed by atoms with Gasteiger partial charge in [0.15, 0.2) is 0 Å². The van der Waals surface area contributed by atoms with E-state index in [0.29, 0.717) is 0 Å². The van der Waals surface area contributed by atoms with Crippen LogP contribution in [0.5, 0.6) is 0 Å². The van der Waals surface area contributed by atoms with Gasteiger partial charge in [0, 0.05) is 33.6 Å². The molecule has 0 atom stereocenters. The fourth-order valence-corrected chi connectivity index (χ4v) is 7.87. The fraction of sp³-hybridized carbons (Fsp3) is 0.161. The molecule has 0 unspecified atom stereocenters. The number of rotatable bonds is 10. The van der Waals surface area contributed by atoms with Crippen LogP contribution >= 0.6 is 7.05 Å². The summed E-state index contributed by atoms with van der Waals surface area (Å²) in [5, 5.41) is 15.0. The van der Waals surface area contributed by atoms with Crippen molar-refractivity contribution in [3.8, 4) is 0 Å². The summed E-state index contributed by atoms with van der Waals surface area (Å²) in [6.45, 7) is 2.18. The summed E-state index contributed by atoms with van der Waals surface area (Å²) in [7, 11) is -2.47. The van der Waals surface area contributed by atoms with E-state index in [1.54, 1.807) is 18.2 Å². The van der Waals surface area contributed by atoms with Crippen molar-refractivity contribution < 1.29 is 4.92 Å². The van der Waals surface area contributed by atoms with Gasteiger partial charge in [-0.1, -0.05) is 123 Å². The van der Waals surface area contributed by atoms with Gasteiger partial charge in [-0.25, -0.2) is 0 Å². The highest BCUT2D eigenvalue weighted by molar-refractivity contribution is 7.87. The standard InChI is InChI=1S/C31H31N2O2P/c1-2-3-4-5-9-16-26-25-27(33(34)35)23-24-31(26)32-36(28-17-10-6-11-18-28,29-19-12-7-13-20-29)30-21-14-8-15-22-30/h6-25H,2-5H2,1H3. The van der Waals surface area contributed by atoms with Crippen LogP contribution < -0.4 is 15.9 Å². The summed E-state index contributed by atoms with van der Waals surface area (Å²) in [4.78, 5) is 11.2. The number of benzene rings is 4. The molecule has 0 radical (unpaired) electrons. The molecule has 0 aromatic heterocycles. The zero-order valence-corrected chi connectivity index (χ0v) is 21.4. The van der Waals surface area contributed by atoms with Crippen LogP contribution in [0.1, 0.15) is 38.2 Å². The van der Waals surface area contributed by atoms with E-state index in [2.05, 4.69) is 85.8 Å². The maximum absolute atomic E-state index is 11.6. The van der Waals surface area contributed by atoms with Gasteiger partial charge in [0.05, 0.1) is 17.7 Å². The molecule has 0 amide bonds. The van der Waals surface area contributed by atoms with Gasteiger partial charge in [0.2, 0.25) is 0 Å². The second kappa shape index (κ2) is 12.3. The number of nitro benzene ring substituents is 1. The van der Waals surface area contributed by atoms with Crippen molar-refractivity contribution in [2.24, 2.45) is 4.74 Å². The van der Waals surface area contributed by atoms with E-state index in [1.165, 1.54) is 6.42 Å². The van der Waals surface area contributed by atoms with E-state index < -0.39 is 7.05 Å². The third kappa shape index (κ3) is 5.72. The Kier molecular flexibility index (Phi) is 8.65. The first kappa shape index (κ1) is 25.3. The van der Waals surface area contributed by atoms with Crippen LogP contribution in [0.4, 0.5) is 11.4 Å². The van der Waals surface area contributed by atoms with E-state index >= 15 is 0 Å². The van der Waals surface area contributed by atoms with Crippen molar-refractivity contribution in [3.05, 3.63) is 131 Å². The van der Waals surface area contributed by atoms with Gasteiger partial charge in [0.1, 0.15) is 0 Å². The monoisotopic (exact) mass is 494 g/mol. The van der Waals surface area contributed by atoms with E-state index in [0.717, 1.165) is 46.4 Å². The van der Waals surface area contributed by atoms with Gasteiger partial charge in [-0.05, 0) is 18.9 Å². The summed E-state index contributed by atoms with van der Waals surface area (Å²) in [6.07, 6.45) is 8.47. The van der Waals surface area contributed by atoms with E-state index in [1.807, 2.05) is 24.3 Å². The van der Waals surface area contributed by atoms with E-state index in [9.17, 15) is 10.1 Å². The molecular formula is C31H31N2O2P. The Balaban J connectivity index is 2.01. The molecule has 0 heterocycles. The summed E-state index contributed by atoms with van der Waals surface area (Å²) in [6, 6.07) is 36.2. The first-order valence-corrected chi connectivity index (χ1v) is 14.1. The highest BCUT2D eigenvalue weighted by Crippen LogP contribution is 2.50. The molecule has 5 heteroatoms. The lowest BCUT2D eigenvalue weighted by atomic mass is 10.1. The zero-order chi connectivity index (χ0) is 25.2. The minimum absolute atomic E-state index is 0.0743. The molecule has 36 heavy (non-hydrogen) atoms. The molecule has 4 rings (SSSR count). The molecule has 4 aromatic rings. The van der Waals surface area contributed by atoms with Crippen LogP contribution in [0.2, 0.25) is 0 Å². The van der Waals surface area contributed by atoms with Gasteiger partial charge >= 0.3 is 0 Å². The highest BCUT2D eigenvalue weighted by Gasteiger charge is 2.27. The number of allylic oxidation sites excluding steroid dienone is 1. The molecule has 0 saturated heterocycles. The van der Waals surface area contributed by atoms with Gasteiger partial charge < -0.3 is 0 Å². The van der Waals surface area contributed by atoms with Crippen molar-refractivity contribution in [3.63, 3.8) is 0 Å². The number of hydrogen-bond acceptors (Lipinski definition) is 3. The average molecular weight is 495 g/mol. The number of nitro groups is 1. The summed E-state index contributed by atoms with van der Waals surface area (Å²) < 4.78 is 5.55. The quantitative estimate of drug-likeness (QED) is 0.0971. The highest BCUT2D eigenvalue weighted by atomic mass is 31.2. The zero-order valence-electron chi connectivity index (χ0n) is 20.5. The van der Waals surface area contributed by atoms with Crippen molar-refractivity contribution in [1.29, 1.82) is 0 Å². The molecule has 0 spiro atoms. The number of nitrogens with zero attached hydrogens (tertiary/aromatic N) is 2. The van der Waals surface area contributed by atoms with Crippen LogP contribution in [0, 0.1) is 10.1 Å². The molecule has 0 saturated carbocycles. The molecule has 0 bridgehead atoms. The second-order valence-corrected chi connectivity index (χ2v) is 11.7. The molecule has 182 valence electrons. The first-order chi connectivity index (χ1) is 17.6. The molecule has 4 aromatic carbocycles. The van der Waals surface area contributed by atoms with Gasteiger partial charge in [-0.2, -0.15) is 0 Å². The summed E-state index contributed by atoms with van der Waals surface area (Å²) >= 11 is 0. The predicted octanol–water partition coefficient (Wildman–Crippen LogP) is 8.00. The topological polar surface area (TPSA) is 55.5 Å². The van der Waals surface area contributed by atoms with Crippen molar-refractivity contribution in [2.45, 2.75) is 32.6 Å². The van der Waals surface area contributed by atoms with Crippen LogP contribution in [0.3, 0.4) is 0 Å². The Morgan fingerprint density at radius 1 is 0.778 bits per heavy atom. The minimum atomic E-state index is -2.47.